The summed E-state index contributed by atoms with van der Waals surface area (Å²) in [6.45, 7) is 3.82. The molecule has 1 aromatic carbocycles. The highest BCUT2D eigenvalue weighted by Crippen LogP contribution is 2.34. The fourth-order valence-corrected chi connectivity index (χ4v) is 2.39. The normalized spacial score (nSPS) is 15.2. The van der Waals surface area contributed by atoms with Crippen LogP contribution in [0.4, 0.5) is 4.39 Å². The van der Waals surface area contributed by atoms with Gasteiger partial charge in [-0.3, -0.25) is 4.79 Å². The van der Waals surface area contributed by atoms with Gasteiger partial charge in [0.05, 0.1) is 12.0 Å². The summed E-state index contributed by atoms with van der Waals surface area (Å²) in [5, 5.41) is 0.354. The second-order valence-electron chi connectivity index (χ2n) is 5.88. The van der Waals surface area contributed by atoms with Crippen LogP contribution in [0.3, 0.4) is 0 Å². The lowest BCUT2D eigenvalue weighted by Gasteiger charge is -2.31. The van der Waals surface area contributed by atoms with E-state index < -0.39 is 5.41 Å². The minimum absolute atomic E-state index is 0.0469. The van der Waals surface area contributed by atoms with Crippen LogP contribution in [0.5, 0.6) is 0 Å². The first kappa shape index (κ1) is 15.6. The molecule has 0 atom stereocenters. The van der Waals surface area contributed by atoms with Crippen LogP contribution in [0.1, 0.15) is 32.3 Å². The second-order valence-corrected chi connectivity index (χ2v) is 6.56. The van der Waals surface area contributed by atoms with Gasteiger partial charge in [-0.15, -0.1) is 11.6 Å². The molecular formula is C15H18Cl2FNO. The van der Waals surface area contributed by atoms with E-state index in [1.165, 1.54) is 6.07 Å². The van der Waals surface area contributed by atoms with Gasteiger partial charge in [0.15, 0.2) is 0 Å². The van der Waals surface area contributed by atoms with Crippen LogP contribution in [-0.4, -0.2) is 22.7 Å². The first-order valence-corrected chi connectivity index (χ1v) is 7.58. The molecule has 1 aromatic rings. The molecule has 1 saturated carbocycles. The van der Waals surface area contributed by atoms with Gasteiger partial charge >= 0.3 is 0 Å². The maximum atomic E-state index is 13.9. The average Bonchev–Trinajstić information content (AvgIpc) is 3.22. The minimum Gasteiger partial charge on any atom is -0.335 e. The van der Waals surface area contributed by atoms with E-state index in [0.717, 1.165) is 12.8 Å². The van der Waals surface area contributed by atoms with Crippen molar-refractivity contribution in [2.45, 2.75) is 39.3 Å². The topological polar surface area (TPSA) is 20.3 Å². The van der Waals surface area contributed by atoms with Crippen molar-refractivity contribution < 1.29 is 9.18 Å². The van der Waals surface area contributed by atoms with Crippen molar-refractivity contribution in [1.29, 1.82) is 0 Å². The molecule has 0 spiro atoms. The lowest BCUT2D eigenvalue weighted by Crippen LogP contribution is -2.43. The predicted octanol–water partition coefficient (Wildman–Crippen LogP) is 4.24. The third kappa shape index (κ3) is 3.26. The third-order valence-corrected chi connectivity index (χ3v) is 4.57. The van der Waals surface area contributed by atoms with E-state index in [-0.39, 0.29) is 30.2 Å². The summed E-state index contributed by atoms with van der Waals surface area (Å²) in [7, 11) is 0. The van der Waals surface area contributed by atoms with Crippen molar-refractivity contribution in [3.8, 4) is 0 Å². The number of hydrogen-bond donors (Lipinski definition) is 0. The fourth-order valence-electron chi connectivity index (χ4n) is 2.05. The van der Waals surface area contributed by atoms with Crippen LogP contribution in [-0.2, 0) is 11.3 Å². The Morgan fingerprint density at radius 3 is 2.60 bits per heavy atom. The van der Waals surface area contributed by atoms with Gasteiger partial charge in [-0.2, -0.15) is 0 Å². The summed E-state index contributed by atoms with van der Waals surface area (Å²) in [5.74, 6) is -0.186. The number of amides is 1. The van der Waals surface area contributed by atoms with E-state index in [0.29, 0.717) is 10.6 Å². The first-order valence-electron chi connectivity index (χ1n) is 6.67. The molecule has 0 saturated heterocycles. The zero-order chi connectivity index (χ0) is 14.9. The van der Waals surface area contributed by atoms with E-state index in [1.807, 2.05) is 0 Å². The van der Waals surface area contributed by atoms with Gasteiger partial charge in [-0.05, 0) is 38.8 Å². The number of nitrogens with zero attached hydrogens (tertiary/aromatic N) is 1. The van der Waals surface area contributed by atoms with Crippen LogP contribution in [0, 0.1) is 11.2 Å². The Bertz CT molecular complexity index is 494. The molecule has 1 amide bonds. The molecule has 110 valence electrons. The second kappa shape index (κ2) is 5.90. The Balaban J connectivity index is 2.25. The van der Waals surface area contributed by atoms with Gasteiger partial charge in [-0.1, -0.05) is 17.7 Å². The molecule has 0 aliphatic heterocycles. The molecule has 20 heavy (non-hydrogen) atoms. The van der Waals surface area contributed by atoms with E-state index in [4.69, 9.17) is 23.2 Å². The maximum Gasteiger partial charge on any atom is 0.229 e. The van der Waals surface area contributed by atoms with Crippen molar-refractivity contribution in [2.24, 2.45) is 5.41 Å². The van der Waals surface area contributed by atoms with E-state index in [2.05, 4.69) is 0 Å². The van der Waals surface area contributed by atoms with Gasteiger partial charge in [0, 0.05) is 22.5 Å². The summed E-state index contributed by atoms with van der Waals surface area (Å²) < 4.78 is 13.9. The number of alkyl halides is 1. The highest BCUT2D eigenvalue weighted by Gasteiger charge is 2.39. The molecule has 5 heteroatoms. The number of carbonyl (C=O) groups is 1. The largest absolute Gasteiger partial charge is 0.335 e. The molecule has 2 nitrogen and oxygen atoms in total. The Kier molecular flexibility index (Phi) is 4.60. The number of benzene rings is 1. The minimum atomic E-state index is -0.651. The summed E-state index contributed by atoms with van der Waals surface area (Å²) in [4.78, 5) is 14.3. The Morgan fingerprint density at radius 2 is 2.10 bits per heavy atom. The van der Waals surface area contributed by atoms with Gasteiger partial charge in [0.1, 0.15) is 5.82 Å². The van der Waals surface area contributed by atoms with Gasteiger partial charge in [0.2, 0.25) is 5.91 Å². The van der Waals surface area contributed by atoms with E-state index >= 15 is 0 Å². The molecule has 0 radical (unpaired) electrons. The van der Waals surface area contributed by atoms with Gasteiger partial charge < -0.3 is 4.90 Å². The Hall–Kier alpha value is -0.800. The SMILES string of the molecule is CC(C)(CCl)C(=O)N(Cc1c(F)cccc1Cl)C1CC1. The summed E-state index contributed by atoms with van der Waals surface area (Å²) in [5.41, 5.74) is -0.276. The van der Waals surface area contributed by atoms with Crippen LogP contribution < -0.4 is 0 Å². The lowest BCUT2D eigenvalue weighted by molar-refractivity contribution is -0.140. The number of rotatable bonds is 5. The molecule has 0 unspecified atom stereocenters. The quantitative estimate of drug-likeness (QED) is 0.744. The number of halogens is 3. The highest BCUT2D eigenvalue weighted by molar-refractivity contribution is 6.31. The molecule has 0 bridgehead atoms. The molecule has 0 heterocycles. The summed E-state index contributed by atoms with van der Waals surface area (Å²) in [6, 6.07) is 4.75. The molecule has 1 aliphatic carbocycles. The van der Waals surface area contributed by atoms with Crippen LogP contribution >= 0.6 is 23.2 Å². The summed E-state index contributed by atoms with van der Waals surface area (Å²) in [6.07, 6.45) is 1.91. The smallest absolute Gasteiger partial charge is 0.229 e. The lowest BCUT2D eigenvalue weighted by atomic mass is 9.94. The average molecular weight is 318 g/mol. The zero-order valence-electron chi connectivity index (χ0n) is 11.6. The van der Waals surface area contributed by atoms with E-state index in [1.54, 1.807) is 30.9 Å². The molecule has 1 aliphatic rings. The fraction of sp³-hybridized carbons (Fsp3) is 0.533. The first-order chi connectivity index (χ1) is 9.36. The van der Waals surface area contributed by atoms with Gasteiger partial charge in [0.25, 0.3) is 0 Å². The Morgan fingerprint density at radius 1 is 1.45 bits per heavy atom. The van der Waals surface area contributed by atoms with Gasteiger partial charge in [-0.25, -0.2) is 4.39 Å². The highest BCUT2D eigenvalue weighted by atomic mass is 35.5. The number of carbonyl (C=O) groups excluding carboxylic acids is 1. The van der Waals surface area contributed by atoms with Crippen molar-refractivity contribution in [3.05, 3.63) is 34.6 Å². The van der Waals surface area contributed by atoms with Crippen molar-refractivity contribution >= 4 is 29.1 Å². The van der Waals surface area contributed by atoms with Crippen LogP contribution in [0.2, 0.25) is 5.02 Å². The van der Waals surface area contributed by atoms with Crippen LogP contribution in [0.25, 0.3) is 0 Å². The van der Waals surface area contributed by atoms with Crippen molar-refractivity contribution in [1.82, 2.24) is 4.90 Å². The number of hydrogen-bond acceptors (Lipinski definition) is 1. The molecule has 1 fully saturated rings. The molecular weight excluding hydrogens is 300 g/mol. The summed E-state index contributed by atoms with van der Waals surface area (Å²) >= 11 is 11.9. The van der Waals surface area contributed by atoms with Crippen LogP contribution in [0.15, 0.2) is 18.2 Å². The molecule has 0 N–H and O–H groups in total. The monoisotopic (exact) mass is 317 g/mol. The third-order valence-electron chi connectivity index (χ3n) is 3.55. The standard InChI is InChI=1S/C15H18Cl2FNO/c1-15(2,9-16)14(20)19(10-6-7-10)8-11-12(17)4-3-5-13(11)18/h3-5,10H,6-9H2,1-2H3. The molecule has 2 rings (SSSR count). The maximum absolute atomic E-state index is 13.9. The van der Waals surface area contributed by atoms with E-state index in [9.17, 15) is 9.18 Å². The zero-order valence-corrected chi connectivity index (χ0v) is 13.1. The Labute approximate surface area is 128 Å². The predicted molar refractivity (Wildman–Crippen MR) is 79.5 cm³/mol. The van der Waals surface area contributed by atoms with Crippen molar-refractivity contribution in [3.63, 3.8) is 0 Å². The molecule has 0 aromatic heterocycles. The van der Waals surface area contributed by atoms with Crippen molar-refractivity contribution in [2.75, 3.05) is 5.88 Å².